The topological polar surface area (TPSA) is 68.3 Å². The Morgan fingerprint density at radius 2 is 1.65 bits per heavy atom. The van der Waals surface area contributed by atoms with Gasteiger partial charge in [-0.3, -0.25) is 4.79 Å². The van der Waals surface area contributed by atoms with Crippen LogP contribution in [0, 0.1) is 5.92 Å². The number of piperidine rings is 1. The Morgan fingerprint density at radius 1 is 1.00 bits per heavy atom. The summed E-state index contributed by atoms with van der Waals surface area (Å²) in [5.74, 6) is 1.54. The van der Waals surface area contributed by atoms with E-state index in [2.05, 4.69) is 0 Å². The zero-order chi connectivity index (χ0) is 24.6. The Morgan fingerprint density at radius 3 is 2.29 bits per heavy atom. The molecular weight excluding hydrogens is 432 g/mol. The Hall–Kier alpha value is -3.22. The molecule has 184 valence electrons. The van der Waals surface area contributed by atoms with Crippen LogP contribution < -0.4 is 9.47 Å². The fourth-order valence-electron chi connectivity index (χ4n) is 3.85. The second-order valence-electron chi connectivity index (χ2n) is 9.74. The van der Waals surface area contributed by atoms with Crippen molar-refractivity contribution in [1.29, 1.82) is 0 Å². The van der Waals surface area contributed by atoms with E-state index >= 15 is 0 Å². The van der Waals surface area contributed by atoms with Crippen molar-refractivity contribution >= 4 is 12.0 Å². The van der Waals surface area contributed by atoms with E-state index < -0.39 is 5.60 Å². The molecule has 2 aromatic rings. The second kappa shape index (κ2) is 11.8. The number of amides is 2. The van der Waals surface area contributed by atoms with Crippen molar-refractivity contribution in [2.24, 2.45) is 5.92 Å². The summed E-state index contributed by atoms with van der Waals surface area (Å²) in [6, 6.07) is 17.3. The van der Waals surface area contributed by atoms with Gasteiger partial charge in [0.15, 0.2) is 6.61 Å². The van der Waals surface area contributed by atoms with Crippen molar-refractivity contribution in [3.05, 3.63) is 60.2 Å². The van der Waals surface area contributed by atoms with Crippen LogP contribution in [0.3, 0.4) is 0 Å². The Labute approximate surface area is 202 Å². The SMILES string of the molecule is CN(CC1CCCN(C(=O)COc2ccc(OCc3ccccc3)cc2)C1)C(=O)OC(C)(C)C. The van der Waals surface area contributed by atoms with Crippen LogP contribution >= 0.6 is 0 Å². The van der Waals surface area contributed by atoms with Gasteiger partial charge in [-0.2, -0.15) is 0 Å². The first-order valence-corrected chi connectivity index (χ1v) is 11.8. The summed E-state index contributed by atoms with van der Waals surface area (Å²) in [5.41, 5.74) is 0.578. The van der Waals surface area contributed by atoms with Crippen molar-refractivity contribution < 1.29 is 23.8 Å². The lowest BCUT2D eigenvalue weighted by Gasteiger charge is -2.35. The molecule has 0 aromatic heterocycles. The number of rotatable bonds is 8. The average molecular weight is 469 g/mol. The fourth-order valence-corrected chi connectivity index (χ4v) is 3.85. The third-order valence-electron chi connectivity index (χ3n) is 5.54. The molecule has 1 aliphatic rings. The lowest BCUT2D eigenvalue weighted by atomic mass is 9.97. The van der Waals surface area contributed by atoms with Gasteiger partial charge >= 0.3 is 6.09 Å². The predicted molar refractivity (Wildman–Crippen MR) is 131 cm³/mol. The molecule has 2 aromatic carbocycles. The molecule has 1 heterocycles. The van der Waals surface area contributed by atoms with Crippen molar-refractivity contribution in [2.75, 3.05) is 33.3 Å². The molecule has 2 amide bonds. The Bertz CT molecular complexity index is 924. The summed E-state index contributed by atoms with van der Waals surface area (Å²) in [5, 5.41) is 0. The first-order valence-electron chi connectivity index (χ1n) is 11.8. The number of benzene rings is 2. The van der Waals surface area contributed by atoms with Gasteiger partial charge in [-0.15, -0.1) is 0 Å². The molecule has 0 N–H and O–H groups in total. The summed E-state index contributed by atoms with van der Waals surface area (Å²) < 4.78 is 16.9. The van der Waals surface area contributed by atoms with E-state index in [-0.39, 0.29) is 24.5 Å². The molecule has 1 aliphatic heterocycles. The van der Waals surface area contributed by atoms with E-state index in [1.807, 2.05) is 80.3 Å². The van der Waals surface area contributed by atoms with Crippen molar-refractivity contribution in [2.45, 2.75) is 45.8 Å². The molecule has 0 spiro atoms. The van der Waals surface area contributed by atoms with E-state index in [4.69, 9.17) is 14.2 Å². The predicted octanol–water partition coefficient (Wildman–Crippen LogP) is 4.75. The maximum Gasteiger partial charge on any atom is 0.410 e. The van der Waals surface area contributed by atoms with Crippen LogP contribution in [0.4, 0.5) is 4.79 Å². The highest BCUT2D eigenvalue weighted by Crippen LogP contribution is 2.21. The molecule has 7 nitrogen and oxygen atoms in total. The monoisotopic (exact) mass is 468 g/mol. The van der Waals surface area contributed by atoms with Gasteiger partial charge in [0, 0.05) is 26.7 Å². The van der Waals surface area contributed by atoms with Gasteiger partial charge in [0.25, 0.3) is 5.91 Å². The Balaban J connectivity index is 1.42. The van der Waals surface area contributed by atoms with Gasteiger partial charge in [0.05, 0.1) is 0 Å². The third kappa shape index (κ3) is 8.28. The normalized spacial score (nSPS) is 16.0. The van der Waals surface area contributed by atoms with Gasteiger partial charge in [0.1, 0.15) is 23.7 Å². The highest BCUT2D eigenvalue weighted by atomic mass is 16.6. The number of nitrogens with zero attached hydrogens (tertiary/aromatic N) is 2. The maximum absolute atomic E-state index is 12.7. The number of hydrogen-bond donors (Lipinski definition) is 0. The third-order valence-corrected chi connectivity index (χ3v) is 5.54. The van der Waals surface area contributed by atoms with Crippen molar-refractivity contribution in [1.82, 2.24) is 9.80 Å². The summed E-state index contributed by atoms with van der Waals surface area (Å²) in [7, 11) is 1.74. The Kier molecular flexibility index (Phi) is 8.79. The van der Waals surface area contributed by atoms with Crippen LogP contribution in [0.15, 0.2) is 54.6 Å². The van der Waals surface area contributed by atoms with Gasteiger partial charge in [-0.25, -0.2) is 4.79 Å². The van der Waals surface area contributed by atoms with Crippen LogP contribution in [0.25, 0.3) is 0 Å². The van der Waals surface area contributed by atoms with Crippen LogP contribution in [-0.2, 0) is 16.1 Å². The molecular formula is C27H36N2O5. The van der Waals surface area contributed by atoms with Crippen molar-refractivity contribution in [3.8, 4) is 11.5 Å². The molecule has 0 saturated carbocycles. The quantitative estimate of drug-likeness (QED) is 0.559. The molecule has 0 aliphatic carbocycles. The number of likely N-dealkylation sites (tertiary alicyclic amines) is 1. The minimum absolute atomic E-state index is 0.0150. The van der Waals surface area contributed by atoms with Gasteiger partial charge in [-0.1, -0.05) is 30.3 Å². The van der Waals surface area contributed by atoms with E-state index in [1.54, 1.807) is 11.9 Å². The highest BCUT2D eigenvalue weighted by molar-refractivity contribution is 5.78. The molecule has 0 bridgehead atoms. The summed E-state index contributed by atoms with van der Waals surface area (Å²) in [6.07, 6.45) is 1.55. The number of ether oxygens (including phenoxy) is 3. The molecule has 1 unspecified atom stereocenters. The summed E-state index contributed by atoms with van der Waals surface area (Å²) >= 11 is 0. The molecule has 1 fully saturated rings. The van der Waals surface area contributed by atoms with Gasteiger partial charge in [-0.05, 0) is 69.4 Å². The highest BCUT2D eigenvalue weighted by Gasteiger charge is 2.27. The average Bonchev–Trinajstić information content (AvgIpc) is 2.81. The largest absolute Gasteiger partial charge is 0.489 e. The van der Waals surface area contributed by atoms with E-state index in [0.717, 1.165) is 24.2 Å². The van der Waals surface area contributed by atoms with E-state index in [0.29, 0.717) is 32.0 Å². The smallest absolute Gasteiger partial charge is 0.410 e. The molecule has 0 radical (unpaired) electrons. The molecule has 3 rings (SSSR count). The lowest BCUT2D eigenvalue weighted by molar-refractivity contribution is -0.135. The van der Waals surface area contributed by atoms with Crippen LogP contribution in [0.1, 0.15) is 39.2 Å². The second-order valence-corrected chi connectivity index (χ2v) is 9.74. The van der Waals surface area contributed by atoms with E-state index in [9.17, 15) is 9.59 Å². The number of carbonyl (C=O) groups excluding carboxylic acids is 2. The summed E-state index contributed by atoms with van der Waals surface area (Å²) in [4.78, 5) is 28.4. The standard InChI is InChI=1S/C27H36N2O5/c1-27(2,3)34-26(31)28(4)17-22-11-8-16-29(18-22)25(30)20-33-24-14-12-23(13-15-24)32-19-21-9-6-5-7-10-21/h5-7,9-10,12-15,22H,8,11,16-20H2,1-4H3. The van der Waals surface area contributed by atoms with Crippen LogP contribution in [0.5, 0.6) is 11.5 Å². The van der Waals surface area contributed by atoms with Crippen molar-refractivity contribution in [3.63, 3.8) is 0 Å². The molecule has 34 heavy (non-hydrogen) atoms. The minimum Gasteiger partial charge on any atom is -0.489 e. The van der Waals surface area contributed by atoms with Gasteiger partial charge in [0.2, 0.25) is 0 Å². The molecule has 7 heteroatoms. The number of hydrogen-bond acceptors (Lipinski definition) is 5. The minimum atomic E-state index is -0.524. The molecule has 1 saturated heterocycles. The first-order chi connectivity index (χ1) is 16.2. The number of carbonyl (C=O) groups is 2. The maximum atomic E-state index is 12.7. The summed E-state index contributed by atoms with van der Waals surface area (Å²) in [6.45, 7) is 7.92. The lowest BCUT2D eigenvalue weighted by Crippen LogP contribution is -2.46. The first kappa shape index (κ1) is 25.4. The van der Waals surface area contributed by atoms with Crippen LogP contribution in [-0.4, -0.2) is 60.7 Å². The zero-order valence-corrected chi connectivity index (χ0v) is 20.7. The zero-order valence-electron chi connectivity index (χ0n) is 20.7. The van der Waals surface area contributed by atoms with E-state index in [1.165, 1.54) is 0 Å². The fraction of sp³-hybridized carbons (Fsp3) is 0.481. The van der Waals surface area contributed by atoms with Crippen LogP contribution in [0.2, 0.25) is 0 Å². The molecule has 1 atom stereocenters. The van der Waals surface area contributed by atoms with Gasteiger partial charge < -0.3 is 24.0 Å².